The van der Waals surface area contributed by atoms with Gasteiger partial charge in [-0.2, -0.15) is 0 Å². The van der Waals surface area contributed by atoms with Crippen LogP contribution in [0.1, 0.15) is 18.5 Å². The summed E-state index contributed by atoms with van der Waals surface area (Å²) in [7, 11) is 0. The van der Waals surface area contributed by atoms with E-state index in [9.17, 15) is 4.79 Å². The molecule has 1 unspecified atom stereocenters. The number of nitrogens with two attached hydrogens (primary N) is 1. The first-order valence-corrected chi connectivity index (χ1v) is 12.1. The summed E-state index contributed by atoms with van der Waals surface area (Å²) >= 11 is 14.9. The van der Waals surface area contributed by atoms with Crippen molar-refractivity contribution in [3.8, 4) is 11.3 Å². The number of halogens is 2. The molecule has 2 heterocycles. The van der Waals surface area contributed by atoms with Crippen molar-refractivity contribution in [1.29, 1.82) is 0 Å². The highest BCUT2D eigenvalue weighted by Crippen LogP contribution is 2.30. The zero-order chi connectivity index (χ0) is 22.7. The number of anilines is 2. The number of nitrogen functional groups attached to an aromatic ring is 1. The molecule has 2 aromatic carbocycles. The summed E-state index contributed by atoms with van der Waals surface area (Å²) in [5.41, 5.74) is 8.65. The molecule has 3 N–H and O–H groups in total. The molecule has 1 amide bonds. The minimum Gasteiger partial charge on any atom is -0.368 e. The lowest BCUT2D eigenvalue weighted by molar-refractivity contribution is -0.118. The van der Waals surface area contributed by atoms with E-state index in [1.54, 1.807) is 23.6 Å². The van der Waals surface area contributed by atoms with Gasteiger partial charge in [-0.25, -0.2) is 4.98 Å². The summed E-state index contributed by atoms with van der Waals surface area (Å²) in [5, 5.41) is 15.1. The van der Waals surface area contributed by atoms with Gasteiger partial charge in [-0.15, -0.1) is 21.5 Å². The highest BCUT2D eigenvalue weighted by molar-refractivity contribution is 7.98. The molecule has 4 aromatic rings. The molecule has 4 rings (SSSR count). The molecule has 1 atom stereocenters. The maximum absolute atomic E-state index is 12.9. The van der Waals surface area contributed by atoms with Crippen LogP contribution in [0.5, 0.6) is 0 Å². The van der Waals surface area contributed by atoms with E-state index in [1.807, 2.05) is 41.8 Å². The van der Waals surface area contributed by atoms with Gasteiger partial charge in [0.1, 0.15) is 6.04 Å². The van der Waals surface area contributed by atoms with E-state index in [4.69, 9.17) is 28.9 Å². The second-order valence-corrected chi connectivity index (χ2v) is 9.45. The molecule has 2 aromatic heterocycles. The number of benzene rings is 2. The van der Waals surface area contributed by atoms with E-state index in [0.29, 0.717) is 26.1 Å². The third kappa shape index (κ3) is 5.07. The number of rotatable bonds is 7. The van der Waals surface area contributed by atoms with Crippen LogP contribution in [0.4, 0.5) is 11.1 Å². The van der Waals surface area contributed by atoms with Crippen LogP contribution in [0.3, 0.4) is 0 Å². The van der Waals surface area contributed by atoms with Crippen molar-refractivity contribution in [2.24, 2.45) is 0 Å². The summed E-state index contributed by atoms with van der Waals surface area (Å²) in [6, 6.07) is 14.3. The minimum absolute atomic E-state index is 0.162. The number of hydrogen-bond acceptors (Lipinski definition) is 7. The molecule has 7 nitrogen and oxygen atoms in total. The average molecular weight is 505 g/mol. The molecule has 0 saturated heterocycles. The van der Waals surface area contributed by atoms with Crippen molar-refractivity contribution in [3.63, 3.8) is 0 Å². The van der Waals surface area contributed by atoms with Crippen molar-refractivity contribution in [3.05, 3.63) is 69.5 Å². The van der Waals surface area contributed by atoms with Crippen LogP contribution in [0.15, 0.2) is 59.1 Å². The predicted octanol–water partition coefficient (Wildman–Crippen LogP) is 5.78. The number of nitrogens with zero attached hydrogens (tertiary/aromatic N) is 4. The van der Waals surface area contributed by atoms with Gasteiger partial charge in [0.15, 0.2) is 10.3 Å². The number of carbonyl (C=O) groups excluding carboxylic acids is 1. The summed E-state index contributed by atoms with van der Waals surface area (Å²) in [4.78, 5) is 17.4. The van der Waals surface area contributed by atoms with E-state index in [2.05, 4.69) is 20.5 Å². The molecule has 32 heavy (non-hydrogen) atoms. The van der Waals surface area contributed by atoms with Crippen LogP contribution >= 0.6 is 46.3 Å². The molecule has 0 radical (unpaired) electrons. The Bertz CT molecular complexity index is 1240. The quantitative estimate of drug-likeness (QED) is 0.309. The van der Waals surface area contributed by atoms with Crippen LogP contribution in [-0.4, -0.2) is 25.7 Å². The van der Waals surface area contributed by atoms with Crippen molar-refractivity contribution in [1.82, 2.24) is 19.7 Å². The molecule has 164 valence electrons. The fourth-order valence-corrected chi connectivity index (χ4v) is 5.08. The smallest absolute Gasteiger partial charge is 0.249 e. The van der Waals surface area contributed by atoms with E-state index < -0.39 is 6.04 Å². The highest BCUT2D eigenvalue weighted by atomic mass is 35.5. The summed E-state index contributed by atoms with van der Waals surface area (Å²) in [5.74, 6) is 0.465. The molecule has 0 aliphatic heterocycles. The molecular formula is C21H18Cl2N6OS2. The fourth-order valence-electron chi connectivity index (χ4n) is 2.92. The van der Waals surface area contributed by atoms with E-state index in [-0.39, 0.29) is 11.9 Å². The van der Waals surface area contributed by atoms with Crippen LogP contribution in [0, 0.1) is 0 Å². The second kappa shape index (κ2) is 9.91. The predicted molar refractivity (Wildman–Crippen MR) is 131 cm³/mol. The Kier molecular flexibility index (Phi) is 7.00. The number of carbonyl (C=O) groups is 1. The summed E-state index contributed by atoms with van der Waals surface area (Å²) in [6.07, 6.45) is 0. The number of nitrogens with one attached hydrogen (secondary N) is 1. The summed E-state index contributed by atoms with van der Waals surface area (Å²) in [6.45, 7) is 1.74. The Labute approximate surface area is 203 Å². The zero-order valence-electron chi connectivity index (χ0n) is 16.8. The molecule has 11 heteroatoms. The van der Waals surface area contributed by atoms with Gasteiger partial charge < -0.3 is 11.1 Å². The van der Waals surface area contributed by atoms with Crippen molar-refractivity contribution in [2.45, 2.75) is 23.9 Å². The van der Waals surface area contributed by atoms with E-state index >= 15 is 0 Å². The summed E-state index contributed by atoms with van der Waals surface area (Å²) < 4.78 is 1.60. The largest absolute Gasteiger partial charge is 0.368 e. The van der Waals surface area contributed by atoms with Gasteiger partial charge in [0, 0.05) is 26.7 Å². The molecule has 0 aliphatic carbocycles. The third-order valence-electron chi connectivity index (χ3n) is 4.65. The van der Waals surface area contributed by atoms with Gasteiger partial charge in [-0.3, -0.25) is 9.36 Å². The van der Waals surface area contributed by atoms with Crippen molar-refractivity contribution >= 4 is 63.3 Å². The Hall–Kier alpha value is -2.59. The number of hydrogen-bond donors (Lipinski definition) is 2. The van der Waals surface area contributed by atoms with Crippen LogP contribution in [0.25, 0.3) is 11.3 Å². The molecular weight excluding hydrogens is 487 g/mol. The Morgan fingerprint density at radius 1 is 1.19 bits per heavy atom. The Morgan fingerprint density at radius 2 is 1.94 bits per heavy atom. The molecule has 0 spiro atoms. The third-order valence-corrected chi connectivity index (χ3v) is 7.02. The first kappa shape index (κ1) is 22.6. The topological polar surface area (TPSA) is 98.7 Å². The van der Waals surface area contributed by atoms with E-state index in [1.165, 1.54) is 23.1 Å². The van der Waals surface area contributed by atoms with Gasteiger partial charge in [0.2, 0.25) is 11.9 Å². The normalized spacial score (nSPS) is 12.0. The maximum Gasteiger partial charge on any atom is 0.249 e. The van der Waals surface area contributed by atoms with Gasteiger partial charge in [0.25, 0.3) is 0 Å². The van der Waals surface area contributed by atoms with Crippen LogP contribution < -0.4 is 11.1 Å². The monoisotopic (exact) mass is 504 g/mol. The number of aromatic nitrogens is 4. The molecule has 0 aliphatic rings. The minimum atomic E-state index is -0.637. The number of thioether (sulfide) groups is 1. The van der Waals surface area contributed by atoms with Crippen molar-refractivity contribution in [2.75, 3.05) is 11.1 Å². The average Bonchev–Trinajstić information content (AvgIpc) is 3.39. The standard InChI is InChI=1S/C21H18Cl2N6OS2/c1-12(18(30)26-20-25-17(11-31-20)13-6-8-15(22)9-7-13)29-19(24)27-28-21(29)32-10-14-4-2-3-5-16(14)23/h2-9,11-12H,10H2,1H3,(H2,24,27)(H,25,26,30). The fraction of sp³-hybridized carbons (Fsp3) is 0.143. The van der Waals surface area contributed by atoms with Gasteiger partial charge >= 0.3 is 0 Å². The lowest BCUT2D eigenvalue weighted by atomic mass is 10.2. The van der Waals surface area contributed by atoms with Gasteiger partial charge in [-0.05, 0) is 30.7 Å². The lowest BCUT2D eigenvalue weighted by Crippen LogP contribution is -2.25. The van der Waals surface area contributed by atoms with Crippen molar-refractivity contribution < 1.29 is 4.79 Å². The lowest BCUT2D eigenvalue weighted by Gasteiger charge is -2.15. The van der Waals surface area contributed by atoms with E-state index in [0.717, 1.165) is 16.8 Å². The van der Waals surface area contributed by atoms with Crippen LogP contribution in [0.2, 0.25) is 10.0 Å². The molecule has 0 bridgehead atoms. The molecule has 0 saturated carbocycles. The first-order chi connectivity index (χ1) is 15.4. The van der Waals surface area contributed by atoms with Gasteiger partial charge in [-0.1, -0.05) is 65.3 Å². The SMILES string of the molecule is CC(C(=O)Nc1nc(-c2ccc(Cl)cc2)cs1)n1c(N)nnc1SCc1ccccc1Cl. The highest BCUT2D eigenvalue weighted by Gasteiger charge is 2.23. The first-order valence-electron chi connectivity index (χ1n) is 9.51. The van der Waals surface area contributed by atoms with Gasteiger partial charge in [0.05, 0.1) is 5.69 Å². The van der Waals surface area contributed by atoms with Crippen LogP contribution in [-0.2, 0) is 10.5 Å². The zero-order valence-corrected chi connectivity index (χ0v) is 20.0. The number of amides is 1. The molecule has 0 fully saturated rings. The number of thiazole rings is 1. The Morgan fingerprint density at radius 3 is 2.69 bits per heavy atom. The maximum atomic E-state index is 12.9. The second-order valence-electron chi connectivity index (χ2n) is 6.80. The Balaban J connectivity index is 1.46.